The van der Waals surface area contributed by atoms with Gasteiger partial charge >= 0.3 is 0 Å². The van der Waals surface area contributed by atoms with Crippen molar-refractivity contribution in [1.29, 1.82) is 0 Å². The Kier molecular flexibility index (Phi) is 5.45. The zero-order chi connectivity index (χ0) is 10.4. The first-order chi connectivity index (χ1) is 6.77. The maximum Gasteiger partial charge on any atom is 0.0223 e. The van der Waals surface area contributed by atoms with Crippen molar-refractivity contribution in [2.45, 2.75) is 32.2 Å². The average molecular weight is 199 g/mol. The number of nitrogens with zero attached hydrogens (tertiary/aromatic N) is 2. The van der Waals surface area contributed by atoms with Crippen molar-refractivity contribution >= 4 is 0 Å². The van der Waals surface area contributed by atoms with Crippen LogP contribution in [0.3, 0.4) is 0 Å². The number of rotatable bonds is 6. The molecule has 0 aromatic heterocycles. The summed E-state index contributed by atoms with van der Waals surface area (Å²) >= 11 is 0. The van der Waals surface area contributed by atoms with E-state index in [1.807, 2.05) is 0 Å². The Hall–Kier alpha value is -0.120. The van der Waals surface area contributed by atoms with Gasteiger partial charge in [0, 0.05) is 12.6 Å². The normalized spacial score (nSPS) is 23.6. The van der Waals surface area contributed by atoms with E-state index >= 15 is 0 Å². The molecule has 3 nitrogen and oxygen atoms in total. The Morgan fingerprint density at radius 3 is 2.93 bits per heavy atom. The molecule has 84 valence electrons. The van der Waals surface area contributed by atoms with Gasteiger partial charge in [-0.3, -0.25) is 4.90 Å². The van der Waals surface area contributed by atoms with Gasteiger partial charge in [-0.15, -0.1) is 0 Å². The zero-order valence-corrected chi connectivity index (χ0v) is 9.71. The Labute approximate surface area is 88.2 Å². The highest BCUT2D eigenvalue weighted by Crippen LogP contribution is 2.17. The van der Waals surface area contributed by atoms with Crippen molar-refractivity contribution < 1.29 is 0 Å². The topological polar surface area (TPSA) is 32.5 Å². The molecule has 1 heterocycles. The van der Waals surface area contributed by atoms with Crippen molar-refractivity contribution in [2.75, 3.05) is 39.8 Å². The molecule has 0 aliphatic carbocycles. The van der Waals surface area contributed by atoms with Crippen LogP contribution in [-0.2, 0) is 0 Å². The molecule has 0 aromatic carbocycles. The molecule has 1 rings (SSSR count). The fourth-order valence-electron chi connectivity index (χ4n) is 2.33. The predicted octanol–water partition coefficient (Wildman–Crippen LogP) is 0.751. The van der Waals surface area contributed by atoms with Gasteiger partial charge in [-0.1, -0.05) is 6.92 Å². The summed E-state index contributed by atoms with van der Waals surface area (Å²) in [7, 11) is 2.21. The van der Waals surface area contributed by atoms with Crippen LogP contribution in [0.2, 0.25) is 0 Å². The van der Waals surface area contributed by atoms with Gasteiger partial charge in [-0.25, -0.2) is 0 Å². The van der Waals surface area contributed by atoms with E-state index < -0.39 is 0 Å². The minimum Gasteiger partial charge on any atom is -0.330 e. The third-order valence-electron chi connectivity index (χ3n) is 3.17. The molecule has 1 atom stereocenters. The van der Waals surface area contributed by atoms with Crippen LogP contribution >= 0.6 is 0 Å². The summed E-state index contributed by atoms with van der Waals surface area (Å²) in [5, 5.41) is 0. The summed E-state index contributed by atoms with van der Waals surface area (Å²) in [6.07, 6.45) is 3.87. The highest BCUT2D eigenvalue weighted by atomic mass is 15.2. The molecule has 14 heavy (non-hydrogen) atoms. The van der Waals surface area contributed by atoms with Crippen LogP contribution in [0, 0.1) is 0 Å². The highest BCUT2D eigenvalue weighted by Gasteiger charge is 2.23. The van der Waals surface area contributed by atoms with Crippen LogP contribution in [0.25, 0.3) is 0 Å². The third-order valence-corrected chi connectivity index (χ3v) is 3.17. The smallest absolute Gasteiger partial charge is 0.0223 e. The Morgan fingerprint density at radius 1 is 1.50 bits per heavy atom. The van der Waals surface area contributed by atoms with E-state index in [-0.39, 0.29) is 0 Å². The quantitative estimate of drug-likeness (QED) is 0.685. The largest absolute Gasteiger partial charge is 0.330 e. The minimum absolute atomic E-state index is 0.794. The summed E-state index contributed by atoms with van der Waals surface area (Å²) < 4.78 is 0. The molecular weight excluding hydrogens is 174 g/mol. The number of nitrogens with two attached hydrogens (primary N) is 1. The van der Waals surface area contributed by atoms with E-state index in [0.717, 1.165) is 25.6 Å². The summed E-state index contributed by atoms with van der Waals surface area (Å²) in [6.45, 7) is 7.93. The second-order valence-electron chi connectivity index (χ2n) is 4.33. The molecule has 1 fully saturated rings. The van der Waals surface area contributed by atoms with Gasteiger partial charge in [0.25, 0.3) is 0 Å². The number of likely N-dealkylation sites (tertiary alicyclic amines) is 1. The van der Waals surface area contributed by atoms with Gasteiger partial charge in [-0.2, -0.15) is 0 Å². The standard InChI is InChI=1S/C11H25N3/c1-3-14-9-4-6-11(14)10-13(2)8-5-7-12/h11H,3-10,12H2,1-2H3. The Bertz CT molecular complexity index is 149. The number of hydrogen-bond donors (Lipinski definition) is 1. The minimum atomic E-state index is 0.794. The molecule has 3 heteroatoms. The molecule has 1 aliphatic rings. The fraction of sp³-hybridized carbons (Fsp3) is 1.00. The Balaban J connectivity index is 2.21. The summed E-state index contributed by atoms with van der Waals surface area (Å²) in [5.41, 5.74) is 5.50. The highest BCUT2D eigenvalue weighted by molar-refractivity contribution is 4.80. The molecule has 0 radical (unpaired) electrons. The van der Waals surface area contributed by atoms with Crippen molar-refractivity contribution in [1.82, 2.24) is 9.80 Å². The lowest BCUT2D eigenvalue weighted by molar-refractivity contribution is 0.198. The molecule has 0 amide bonds. The Morgan fingerprint density at radius 2 is 2.29 bits per heavy atom. The first kappa shape index (κ1) is 12.0. The maximum atomic E-state index is 5.50. The van der Waals surface area contributed by atoms with E-state index in [0.29, 0.717) is 0 Å². The molecular formula is C11H25N3. The number of hydrogen-bond acceptors (Lipinski definition) is 3. The molecule has 0 saturated carbocycles. The van der Waals surface area contributed by atoms with E-state index in [1.54, 1.807) is 0 Å². The van der Waals surface area contributed by atoms with Crippen molar-refractivity contribution in [3.05, 3.63) is 0 Å². The van der Waals surface area contributed by atoms with Crippen LogP contribution < -0.4 is 5.73 Å². The molecule has 1 aliphatic heterocycles. The maximum absolute atomic E-state index is 5.50. The van der Waals surface area contributed by atoms with Gasteiger partial charge in [0.2, 0.25) is 0 Å². The van der Waals surface area contributed by atoms with E-state index in [4.69, 9.17) is 5.73 Å². The van der Waals surface area contributed by atoms with Crippen LogP contribution in [0.15, 0.2) is 0 Å². The van der Waals surface area contributed by atoms with Crippen LogP contribution in [0.5, 0.6) is 0 Å². The molecule has 2 N–H and O–H groups in total. The van der Waals surface area contributed by atoms with Gasteiger partial charge in [0.15, 0.2) is 0 Å². The van der Waals surface area contributed by atoms with Crippen molar-refractivity contribution in [2.24, 2.45) is 5.73 Å². The summed E-state index contributed by atoms with van der Waals surface area (Å²) in [6, 6.07) is 0.794. The van der Waals surface area contributed by atoms with E-state index in [1.165, 1.54) is 32.5 Å². The molecule has 0 bridgehead atoms. The van der Waals surface area contributed by atoms with Gasteiger partial charge in [-0.05, 0) is 52.5 Å². The number of likely N-dealkylation sites (N-methyl/N-ethyl adjacent to an activating group) is 2. The van der Waals surface area contributed by atoms with Gasteiger partial charge in [0.1, 0.15) is 0 Å². The lowest BCUT2D eigenvalue weighted by Crippen LogP contribution is -2.39. The van der Waals surface area contributed by atoms with Gasteiger partial charge in [0.05, 0.1) is 0 Å². The second kappa shape index (κ2) is 6.38. The average Bonchev–Trinajstić information content (AvgIpc) is 2.62. The molecule has 0 spiro atoms. The van der Waals surface area contributed by atoms with Crippen LogP contribution in [0.1, 0.15) is 26.2 Å². The van der Waals surface area contributed by atoms with E-state index in [2.05, 4.69) is 23.8 Å². The summed E-state index contributed by atoms with van der Waals surface area (Å²) in [5.74, 6) is 0. The molecule has 0 aromatic rings. The fourth-order valence-corrected chi connectivity index (χ4v) is 2.33. The van der Waals surface area contributed by atoms with Crippen molar-refractivity contribution in [3.63, 3.8) is 0 Å². The summed E-state index contributed by atoms with van der Waals surface area (Å²) in [4.78, 5) is 5.02. The van der Waals surface area contributed by atoms with E-state index in [9.17, 15) is 0 Å². The predicted molar refractivity (Wildman–Crippen MR) is 61.4 cm³/mol. The lowest BCUT2D eigenvalue weighted by atomic mass is 10.2. The third kappa shape index (κ3) is 3.56. The lowest BCUT2D eigenvalue weighted by Gasteiger charge is -2.27. The zero-order valence-electron chi connectivity index (χ0n) is 9.71. The van der Waals surface area contributed by atoms with Gasteiger partial charge < -0.3 is 10.6 Å². The molecule has 1 saturated heterocycles. The first-order valence-corrected chi connectivity index (χ1v) is 5.90. The molecule has 1 unspecified atom stereocenters. The van der Waals surface area contributed by atoms with Crippen molar-refractivity contribution in [3.8, 4) is 0 Å². The SMILES string of the molecule is CCN1CCCC1CN(C)CCCN. The first-order valence-electron chi connectivity index (χ1n) is 5.90. The second-order valence-corrected chi connectivity index (χ2v) is 4.33. The monoisotopic (exact) mass is 199 g/mol. The van der Waals surface area contributed by atoms with Crippen LogP contribution in [0.4, 0.5) is 0 Å². The van der Waals surface area contributed by atoms with Crippen LogP contribution in [-0.4, -0.2) is 55.6 Å².